The van der Waals surface area contributed by atoms with Crippen molar-refractivity contribution in [3.63, 3.8) is 0 Å². The number of carbonyl (C=O) groups is 2. The Morgan fingerprint density at radius 1 is 0.925 bits per heavy atom. The van der Waals surface area contributed by atoms with Crippen molar-refractivity contribution in [2.75, 3.05) is 10.8 Å². The van der Waals surface area contributed by atoms with Gasteiger partial charge in [0, 0.05) is 12.6 Å². The molecule has 1 aliphatic carbocycles. The number of hydrogen-bond acceptors (Lipinski definition) is 4. The van der Waals surface area contributed by atoms with Crippen LogP contribution >= 0.6 is 11.6 Å². The van der Waals surface area contributed by atoms with Crippen LogP contribution in [-0.2, 0) is 26.2 Å². The molecule has 1 saturated carbocycles. The van der Waals surface area contributed by atoms with E-state index >= 15 is 0 Å². The number of anilines is 1. The van der Waals surface area contributed by atoms with Crippen LogP contribution in [-0.4, -0.2) is 43.8 Å². The standard InChI is InChI=1S/C31H36ClN3O4S/c1-23-17-19-27(20-18-23)40(38,39)35(29-16-10-9-15-28(29)32)22-30(36)34(21-25-11-5-3-6-12-25)24(2)31(37)33-26-13-7-4-8-14-26/h3,5-6,9-12,15-20,24,26H,4,7-8,13-14,21-22H2,1-2H3,(H,33,37)/t24-/m1/s1. The highest BCUT2D eigenvalue weighted by molar-refractivity contribution is 7.92. The monoisotopic (exact) mass is 581 g/mol. The molecular formula is C31H36ClN3O4S. The molecule has 40 heavy (non-hydrogen) atoms. The Kier molecular flexibility index (Phi) is 9.87. The van der Waals surface area contributed by atoms with Crippen molar-refractivity contribution in [1.29, 1.82) is 0 Å². The van der Waals surface area contributed by atoms with Gasteiger partial charge >= 0.3 is 0 Å². The predicted octanol–water partition coefficient (Wildman–Crippen LogP) is 5.71. The van der Waals surface area contributed by atoms with Crippen molar-refractivity contribution in [3.8, 4) is 0 Å². The lowest BCUT2D eigenvalue weighted by molar-refractivity contribution is -0.139. The van der Waals surface area contributed by atoms with Crippen LogP contribution in [0.15, 0.2) is 83.8 Å². The quantitative estimate of drug-likeness (QED) is 0.332. The second kappa shape index (κ2) is 13.3. The molecule has 0 bridgehead atoms. The predicted molar refractivity (Wildman–Crippen MR) is 159 cm³/mol. The summed E-state index contributed by atoms with van der Waals surface area (Å²) in [5, 5.41) is 3.31. The molecule has 0 saturated heterocycles. The second-order valence-corrected chi connectivity index (χ2v) is 12.6. The van der Waals surface area contributed by atoms with Gasteiger partial charge < -0.3 is 10.2 Å². The Labute approximate surface area is 242 Å². The first-order valence-electron chi connectivity index (χ1n) is 13.6. The SMILES string of the molecule is Cc1ccc(S(=O)(=O)N(CC(=O)N(Cc2ccccc2)[C@H](C)C(=O)NC2CCCCC2)c2ccccc2Cl)cc1. The molecule has 1 fully saturated rings. The Morgan fingerprint density at radius 3 is 2.20 bits per heavy atom. The van der Waals surface area contributed by atoms with E-state index in [1.165, 1.54) is 17.0 Å². The van der Waals surface area contributed by atoms with Crippen molar-refractivity contribution in [1.82, 2.24) is 10.2 Å². The fraction of sp³-hybridized carbons (Fsp3) is 0.355. The Bertz CT molecular complexity index is 1410. The molecule has 7 nitrogen and oxygen atoms in total. The average molecular weight is 582 g/mol. The van der Waals surface area contributed by atoms with E-state index in [-0.39, 0.29) is 34.1 Å². The number of hydrogen-bond donors (Lipinski definition) is 1. The number of nitrogens with one attached hydrogen (secondary N) is 1. The van der Waals surface area contributed by atoms with E-state index in [1.807, 2.05) is 37.3 Å². The number of carbonyl (C=O) groups excluding carboxylic acids is 2. The van der Waals surface area contributed by atoms with Crippen LogP contribution in [0, 0.1) is 6.92 Å². The summed E-state index contributed by atoms with van der Waals surface area (Å²) >= 11 is 6.46. The second-order valence-electron chi connectivity index (χ2n) is 10.3. The van der Waals surface area contributed by atoms with Crippen LogP contribution in [0.5, 0.6) is 0 Å². The van der Waals surface area contributed by atoms with Gasteiger partial charge in [-0.1, -0.05) is 91.0 Å². The third-order valence-electron chi connectivity index (χ3n) is 7.32. The lowest BCUT2D eigenvalue weighted by Gasteiger charge is -2.33. The van der Waals surface area contributed by atoms with E-state index < -0.39 is 28.5 Å². The molecule has 3 aromatic rings. The minimum atomic E-state index is -4.16. The molecule has 1 atom stereocenters. The summed E-state index contributed by atoms with van der Waals surface area (Å²) in [5.74, 6) is -0.757. The van der Waals surface area contributed by atoms with Gasteiger partial charge in [-0.3, -0.25) is 13.9 Å². The van der Waals surface area contributed by atoms with E-state index in [0.717, 1.165) is 47.5 Å². The number of halogens is 1. The maximum atomic E-state index is 14.0. The van der Waals surface area contributed by atoms with Gasteiger partial charge in [0.1, 0.15) is 12.6 Å². The normalized spacial score (nSPS) is 14.8. The van der Waals surface area contributed by atoms with Gasteiger partial charge in [-0.2, -0.15) is 0 Å². The van der Waals surface area contributed by atoms with Gasteiger partial charge in [-0.15, -0.1) is 0 Å². The highest BCUT2D eigenvalue weighted by Gasteiger charge is 2.33. The zero-order valence-corrected chi connectivity index (χ0v) is 24.5. The van der Waals surface area contributed by atoms with Crippen molar-refractivity contribution in [2.45, 2.75) is 69.5 Å². The first kappa shape index (κ1) is 29.6. The van der Waals surface area contributed by atoms with Gasteiger partial charge in [0.15, 0.2) is 0 Å². The number of sulfonamides is 1. The van der Waals surface area contributed by atoms with Crippen LogP contribution in [0.4, 0.5) is 5.69 Å². The third kappa shape index (κ3) is 7.23. The molecule has 0 aromatic heterocycles. The number of amides is 2. The van der Waals surface area contributed by atoms with E-state index in [9.17, 15) is 18.0 Å². The Hall–Kier alpha value is -3.36. The first-order chi connectivity index (χ1) is 19.2. The highest BCUT2D eigenvalue weighted by Crippen LogP contribution is 2.31. The van der Waals surface area contributed by atoms with Crippen molar-refractivity contribution < 1.29 is 18.0 Å². The molecular weight excluding hydrogens is 546 g/mol. The van der Waals surface area contributed by atoms with Gasteiger partial charge in [-0.05, 0) is 56.5 Å². The summed E-state index contributed by atoms with van der Waals surface area (Å²) in [5.41, 5.74) is 1.93. The molecule has 9 heteroatoms. The third-order valence-corrected chi connectivity index (χ3v) is 9.42. The number of nitrogens with zero attached hydrogens (tertiary/aromatic N) is 2. The minimum absolute atomic E-state index is 0.0449. The summed E-state index contributed by atoms with van der Waals surface area (Å²) in [6, 6.07) is 21.6. The molecule has 4 rings (SSSR count). The molecule has 1 aliphatic rings. The number of aryl methyl sites for hydroxylation is 1. The Balaban J connectivity index is 1.67. The number of para-hydroxylation sites is 1. The van der Waals surface area contributed by atoms with Crippen molar-refractivity contribution in [3.05, 3.63) is 95.0 Å². The van der Waals surface area contributed by atoms with E-state index in [1.54, 1.807) is 43.3 Å². The average Bonchev–Trinajstić information content (AvgIpc) is 2.96. The molecule has 0 spiro atoms. The van der Waals surface area contributed by atoms with E-state index in [4.69, 9.17) is 11.6 Å². The fourth-order valence-corrected chi connectivity index (χ4v) is 6.66. The van der Waals surface area contributed by atoms with Crippen molar-refractivity contribution >= 4 is 39.1 Å². The maximum absolute atomic E-state index is 14.0. The van der Waals surface area contributed by atoms with Gasteiger partial charge in [0.25, 0.3) is 10.0 Å². The smallest absolute Gasteiger partial charge is 0.264 e. The summed E-state index contributed by atoms with van der Waals surface area (Å²) < 4.78 is 28.8. The van der Waals surface area contributed by atoms with Crippen LogP contribution < -0.4 is 9.62 Å². The van der Waals surface area contributed by atoms with Crippen LogP contribution in [0.1, 0.15) is 50.2 Å². The van der Waals surface area contributed by atoms with E-state index in [2.05, 4.69) is 5.32 Å². The molecule has 3 aromatic carbocycles. The highest BCUT2D eigenvalue weighted by atomic mass is 35.5. The summed E-state index contributed by atoms with van der Waals surface area (Å²) in [6.45, 7) is 3.19. The lowest BCUT2D eigenvalue weighted by Crippen LogP contribution is -2.53. The molecule has 1 N–H and O–H groups in total. The molecule has 0 heterocycles. The Morgan fingerprint density at radius 2 is 1.55 bits per heavy atom. The number of rotatable bonds is 10. The summed E-state index contributed by atoms with van der Waals surface area (Å²) in [6.07, 6.45) is 5.12. The van der Waals surface area contributed by atoms with Gasteiger partial charge in [0.2, 0.25) is 11.8 Å². The molecule has 0 unspecified atom stereocenters. The molecule has 212 valence electrons. The maximum Gasteiger partial charge on any atom is 0.264 e. The largest absolute Gasteiger partial charge is 0.352 e. The van der Waals surface area contributed by atoms with E-state index in [0.29, 0.717) is 0 Å². The minimum Gasteiger partial charge on any atom is -0.352 e. The zero-order chi connectivity index (χ0) is 28.7. The van der Waals surface area contributed by atoms with Gasteiger partial charge in [-0.25, -0.2) is 8.42 Å². The van der Waals surface area contributed by atoms with Crippen LogP contribution in [0.2, 0.25) is 5.02 Å². The fourth-order valence-electron chi connectivity index (χ4n) is 4.94. The topological polar surface area (TPSA) is 86.8 Å². The summed E-state index contributed by atoms with van der Waals surface area (Å²) in [7, 11) is -4.16. The molecule has 2 amide bonds. The van der Waals surface area contributed by atoms with Gasteiger partial charge in [0.05, 0.1) is 15.6 Å². The zero-order valence-electron chi connectivity index (χ0n) is 22.9. The molecule has 0 aliphatic heterocycles. The number of benzene rings is 3. The molecule has 0 radical (unpaired) electrons. The summed E-state index contributed by atoms with van der Waals surface area (Å²) in [4.78, 5) is 28.9. The van der Waals surface area contributed by atoms with Crippen molar-refractivity contribution in [2.24, 2.45) is 0 Å². The first-order valence-corrected chi connectivity index (χ1v) is 15.5. The van der Waals surface area contributed by atoms with Crippen LogP contribution in [0.25, 0.3) is 0 Å². The van der Waals surface area contributed by atoms with Crippen LogP contribution in [0.3, 0.4) is 0 Å². The lowest BCUT2D eigenvalue weighted by atomic mass is 9.95.